The van der Waals surface area contributed by atoms with Crippen LogP contribution >= 0.6 is 0 Å². The fraction of sp³-hybridized carbons (Fsp3) is 0.455. The Balaban J connectivity index is 2.31. The minimum atomic E-state index is -0.737. The van der Waals surface area contributed by atoms with Gasteiger partial charge in [0.25, 0.3) is 11.5 Å². The van der Waals surface area contributed by atoms with E-state index in [0.717, 1.165) is 5.56 Å². The molecule has 0 fully saturated rings. The summed E-state index contributed by atoms with van der Waals surface area (Å²) >= 11 is 0. The van der Waals surface area contributed by atoms with E-state index in [4.69, 9.17) is 20.5 Å². The first-order chi connectivity index (χ1) is 15.3. The summed E-state index contributed by atoms with van der Waals surface area (Å²) in [4.78, 5) is 41.4. The number of nitrogens with zero attached hydrogens (tertiary/aromatic N) is 3. The predicted molar refractivity (Wildman–Crippen MR) is 121 cm³/mol. The third-order valence-corrected chi connectivity index (χ3v) is 4.63. The second-order valence-corrected chi connectivity index (χ2v) is 7.66. The molecule has 0 aliphatic carbocycles. The number of methoxy groups -OCH3 is 1. The quantitative estimate of drug-likeness (QED) is 0.498. The van der Waals surface area contributed by atoms with Gasteiger partial charge in [-0.25, -0.2) is 4.79 Å². The lowest BCUT2D eigenvalue weighted by molar-refractivity contribution is -0.120. The molecule has 0 spiro atoms. The average molecular weight is 444 g/mol. The highest BCUT2D eigenvalue weighted by Gasteiger charge is 2.24. The number of anilines is 2. The molecule has 0 saturated carbocycles. The number of nitriles is 1. The number of carbonyl (C=O) groups is 1. The first kappa shape index (κ1) is 24.7. The molecule has 172 valence electrons. The highest BCUT2D eigenvalue weighted by Crippen LogP contribution is 2.19. The lowest BCUT2D eigenvalue weighted by Gasteiger charge is -2.25. The van der Waals surface area contributed by atoms with Crippen LogP contribution in [0.4, 0.5) is 11.5 Å². The number of H-pyrrole nitrogens is 1. The summed E-state index contributed by atoms with van der Waals surface area (Å²) < 4.78 is 11.9. The number of nitrogens with one attached hydrogen (secondary N) is 1. The highest BCUT2D eigenvalue weighted by molar-refractivity contribution is 5.96. The van der Waals surface area contributed by atoms with Crippen LogP contribution in [-0.4, -0.2) is 42.3 Å². The normalized spacial score (nSPS) is 10.7. The number of aromatic nitrogens is 2. The molecule has 10 nitrogen and oxygen atoms in total. The summed E-state index contributed by atoms with van der Waals surface area (Å²) in [5.74, 6) is -0.0181. The summed E-state index contributed by atoms with van der Waals surface area (Å²) in [6, 6.07) is 8.87. The van der Waals surface area contributed by atoms with Gasteiger partial charge in [-0.3, -0.25) is 19.1 Å². The lowest BCUT2D eigenvalue weighted by atomic mass is 10.2. The number of hydrogen-bond donors (Lipinski definition) is 2. The Bertz CT molecular complexity index is 1070. The smallest absolute Gasteiger partial charge is 0.330 e. The van der Waals surface area contributed by atoms with E-state index in [2.05, 4.69) is 11.1 Å². The van der Waals surface area contributed by atoms with Gasteiger partial charge in [0.2, 0.25) is 0 Å². The van der Waals surface area contributed by atoms with E-state index < -0.39 is 17.2 Å². The number of amides is 1. The van der Waals surface area contributed by atoms with Crippen LogP contribution < -0.4 is 26.6 Å². The van der Waals surface area contributed by atoms with Crippen molar-refractivity contribution in [2.24, 2.45) is 5.92 Å². The van der Waals surface area contributed by atoms with Crippen LogP contribution in [0.1, 0.15) is 25.8 Å². The van der Waals surface area contributed by atoms with Crippen molar-refractivity contribution in [2.75, 3.05) is 37.5 Å². The van der Waals surface area contributed by atoms with Crippen LogP contribution in [0.15, 0.2) is 33.9 Å². The lowest BCUT2D eigenvalue weighted by Crippen LogP contribution is -2.43. The van der Waals surface area contributed by atoms with Crippen molar-refractivity contribution in [2.45, 2.75) is 33.2 Å². The van der Waals surface area contributed by atoms with Crippen molar-refractivity contribution in [1.82, 2.24) is 9.55 Å². The number of aromatic amines is 1. The third kappa shape index (κ3) is 6.46. The number of ether oxygens (including phenoxy) is 2. The molecule has 1 heterocycles. The van der Waals surface area contributed by atoms with Crippen molar-refractivity contribution in [3.8, 4) is 11.8 Å². The first-order valence-electron chi connectivity index (χ1n) is 10.3. The van der Waals surface area contributed by atoms with Crippen LogP contribution in [-0.2, 0) is 22.5 Å². The molecule has 2 rings (SSSR count). The molecular weight excluding hydrogens is 414 g/mol. The van der Waals surface area contributed by atoms with Crippen molar-refractivity contribution < 1.29 is 14.3 Å². The minimum Gasteiger partial charge on any atom is -0.484 e. The average Bonchev–Trinajstić information content (AvgIpc) is 2.75. The van der Waals surface area contributed by atoms with Gasteiger partial charge in [0, 0.05) is 26.8 Å². The molecule has 0 bridgehead atoms. The van der Waals surface area contributed by atoms with Crippen LogP contribution in [0.25, 0.3) is 0 Å². The Kier molecular flexibility index (Phi) is 9.04. The Morgan fingerprint density at radius 2 is 1.97 bits per heavy atom. The topological polar surface area (TPSA) is 143 Å². The fourth-order valence-electron chi connectivity index (χ4n) is 3.13. The maximum Gasteiger partial charge on any atom is 0.330 e. The van der Waals surface area contributed by atoms with Crippen LogP contribution in [0, 0.1) is 17.2 Å². The van der Waals surface area contributed by atoms with E-state index in [9.17, 15) is 14.4 Å². The van der Waals surface area contributed by atoms with Crippen LogP contribution in [0.5, 0.6) is 5.75 Å². The standard InChI is InChI=1S/C22H29N5O5/c1-15(2)13-27-20(24)19(21(29)25-22(27)30)26(11-4-12-31-3)18(28)14-32-17-7-5-16(6-8-17)9-10-23/h5-8,15H,4,9,11-14,24H2,1-3H3,(H,25,29,30). The zero-order chi connectivity index (χ0) is 23.7. The van der Waals surface area contributed by atoms with Gasteiger partial charge in [-0.15, -0.1) is 0 Å². The first-order valence-corrected chi connectivity index (χ1v) is 10.3. The van der Waals surface area contributed by atoms with E-state index in [0.29, 0.717) is 25.3 Å². The van der Waals surface area contributed by atoms with Crippen LogP contribution in [0.3, 0.4) is 0 Å². The van der Waals surface area contributed by atoms with E-state index in [1.54, 1.807) is 24.3 Å². The van der Waals surface area contributed by atoms with Gasteiger partial charge in [0.05, 0.1) is 12.5 Å². The molecule has 3 N–H and O–H groups in total. The Labute approximate surface area is 186 Å². The Hall–Kier alpha value is -3.58. The molecule has 32 heavy (non-hydrogen) atoms. The molecule has 0 atom stereocenters. The molecule has 1 aromatic heterocycles. The van der Waals surface area contributed by atoms with Crippen molar-refractivity contribution >= 4 is 17.4 Å². The van der Waals surface area contributed by atoms with Crippen molar-refractivity contribution in [3.63, 3.8) is 0 Å². The summed E-state index contributed by atoms with van der Waals surface area (Å²) in [6.07, 6.45) is 0.730. The maximum atomic E-state index is 13.0. The largest absolute Gasteiger partial charge is 0.484 e. The van der Waals surface area contributed by atoms with Gasteiger partial charge in [-0.2, -0.15) is 5.26 Å². The summed E-state index contributed by atoms with van der Waals surface area (Å²) in [5.41, 5.74) is 5.57. The van der Waals surface area contributed by atoms with Gasteiger partial charge >= 0.3 is 5.69 Å². The summed E-state index contributed by atoms with van der Waals surface area (Å²) in [6.45, 7) is 4.30. The van der Waals surface area contributed by atoms with E-state index in [1.807, 2.05) is 13.8 Å². The Morgan fingerprint density at radius 1 is 1.28 bits per heavy atom. The second-order valence-electron chi connectivity index (χ2n) is 7.66. The van der Waals surface area contributed by atoms with Gasteiger partial charge in [-0.1, -0.05) is 26.0 Å². The fourth-order valence-corrected chi connectivity index (χ4v) is 3.13. The third-order valence-electron chi connectivity index (χ3n) is 4.63. The molecule has 2 aromatic rings. The molecule has 0 aliphatic heterocycles. The SMILES string of the molecule is COCCCN(C(=O)COc1ccc(CC#N)cc1)c1c(N)n(CC(C)C)c(=O)[nH]c1=O. The van der Waals surface area contributed by atoms with Crippen molar-refractivity contribution in [1.29, 1.82) is 5.26 Å². The number of rotatable bonds is 11. The minimum absolute atomic E-state index is 0.0703. The van der Waals surface area contributed by atoms with E-state index in [-0.39, 0.29) is 37.0 Å². The molecule has 0 unspecified atom stereocenters. The van der Waals surface area contributed by atoms with Gasteiger partial charge in [0.15, 0.2) is 12.3 Å². The number of carbonyl (C=O) groups excluding carboxylic acids is 1. The zero-order valence-corrected chi connectivity index (χ0v) is 18.6. The number of hydrogen-bond acceptors (Lipinski definition) is 7. The van der Waals surface area contributed by atoms with E-state index in [1.165, 1.54) is 16.6 Å². The number of benzene rings is 1. The predicted octanol–water partition coefficient (Wildman–Crippen LogP) is 1.29. The maximum absolute atomic E-state index is 13.0. The molecule has 0 radical (unpaired) electrons. The number of nitrogen functional groups attached to an aromatic ring is 1. The molecular formula is C22H29N5O5. The molecule has 0 aliphatic rings. The Morgan fingerprint density at radius 3 is 2.56 bits per heavy atom. The van der Waals surface area contributed by atoms with Crippen molar-refractivity contribution in [3.05, 3.63) is 50.7 Å². The van der Waals surface area contributed by atoms with Gasteiger partial charge in [-0.05, 0) is 30.0 Å². The molecule has 1 aromatic carbocycles. The summed E-state index contributed by atoms with van der Waals surface area (Å²) in [7, 11) is 1.54. The van der Waals surface area contributed by atoms with Gasteiger partial charge in [0.1, 0.15) is 11.6 Å². The van der Waals surface area contributed by atoms with E-state index >= 15 is 0 Å². The summed E-state index contributed by atoms with van der Waals surface area (Å²) in [5, 5.41) is 8.75. The van der Waals surface area contributed by atoms with Gasteiger partial charge < -0.3 is 20.1 Å². The number of nitrogens with two attached hydrogens (primary N) is 1. The highest BCUT2D eigenvalue weighted by atomic mass is 16.5. The van der Waals surface area contributed by atoms with Crippen LogP contribution in [0.2, 0.25) is 0 Å². The monoisotopic (exact) mass is 443 g/mol. The molecule has 1 amide bonds. The zero-order valence-electron chi connectivity index (χ0n) is 18.6. The molecule has 10 heteroatoms. The second kappa shape index (κ2) is 11.7. The molecule has 0 saturated heterocycles.